The molecule has 1 aromatic heterocycles. The molecular formula is C14H15FN2O2S. The molecule has 1 amide bonds. The quantitative estimate of drug-likeness (QED) is 0.669. The van der Waals surface area contributed by atoms with Gasteiger partial charge in [0.25, 0.3) is 0 Å². The molecule has 2 aromatic rings. The molecule has 106 valence electrons. The Labute approximate surface area is 120 Å². The first-order valence-electron chi connectivity index (χ1n) is 6.04. The number of aryl methyl sites for hydroxylation is 1. The number of halogens is 1. The number of carbonyl (C=O) groups is 1. The highest BCUT2D eigenvalue weighted by molar-refractivity contribution is 8.00. The fourth-order valence-corrected chi connectivity index (χ4v) is 2.52. The summed E-state index contributed by atoms with van der Waals surface area (Å²) in [5.74, 6) is 0.141. The molecule has 1 unspecified atom stereocenters. The average Bonchev–Trinajstić information content (AvgIpc) is 2.78. The summed E-state index contributed by atoms with van der Waals surface area (Å²) in [5.41, 5.74) is 6.27. The number of hydrogen-bond acceptors (Lipinski definition) is 4. The van der Waals surface area contributed by atoms with Gasteiger partial charge in [-0.3, -0.25) is 4.79 Å². The molecule has 0 spiro atoms. The van der Waals surface area contributed by atoms with E-state index in [-0.39, 0.29) is 16.8 Å². The summed E-state index contributed by atoms with van der Waals surface area (Å²) in [6.07, 6.45) is 1.58. The Morgan fingerprint density at radius 2 is 2.20 bits per heavy atom. The molecular weight excluding hydrogens is 279 g/mol. The summed E-state index contributed by atoms with van der Waals surface area (Å²) in [7, 11) is 0. The highest BCUT2D eigenvalue weighted by atomic mass is 32.2. The summed E-state index contributed by atoms with van der Waals surface area (Å²) >= 11 is 1.39. The van der Waals surface area contributed by atoms with Crippen LogP contribution in [-0.4, -0.2) is 11.2 Å². The number of hydrogen-bond donors (Lipinski definition) is 2. The van der Waals surface area contributed by atoms with Crippen molar-refractivity contribution in [2.75, 3.05) is 11.1 Å². The molecule has 0 aliphatic carbocycles. The number of nitrogens with one attached hydrogen (secondary N) is 1. The molecule has 0 saturated carbocycles. The number of rotatable bonds is 4. The lowest BCUT2D eigenvalue weighted by Crippen LogP contribution is -2.23. The molecule has 2 rings (SSSR count). The zero-order chi connectivity index (χ0) is 14.7. The van der Waals surface area contributed by atoms with Crippen molar-refractivity contribution in [3.8, 4) is 0 Å². The minimum absolute atomic E-state index is 0.200. The fraction of sp³-hybridized carbons (Fsp3) is 0.214. The van der Waals surface area contributed by atoms with Crippen molar-refractivity contribution in [3.63, 3.8) is 0 Å². The molecule has 0 bridgehead atoms. The molecule has 3 N–H and O–H groups in total. The number of furan rings is 1. The normalized spacial score (nSPS) is 12.2. The highest BCUT2D eigenvalue weighted by Crippen LogP contribution is 2.28. The maximum Gasteiger partial charge on any atom is 0.237 e. The number of benzene rings is 1. The Bertz CT molecular complexity index is 627. The SMILES string of the molecule is Cc1occc1SC(C)C(=O)Nc1ccc(F)cc1N. The van der Waals surface area contributed by atoms with Crippen LogP contribution in [0.2, 0.25) is 0 Å². The van der Waals surface area contributed by atoms with Crippen molar-refractivity contribution in [2.24, 2.45) is 0 Å². The lowest BCUT2D eigenvalue weighted by molar-refractivity contribution is -0.115. The number of anilines is 2. The molecule has 1 aromatic carbocycles. The number of nitrogen functional groups attached to an aromatic ring is 1. The minimum atomic E-state index is -0.433. The van der Waals surface area contributed by atoms with Crippen LogP contribution in [0, 0.1) is 12.7 Å². The van der Waals surface area contributed by atoms with Crippen LogP contribution in [0.5, 0.6) is 0 Å². The largest absolute Gasteiger partial charge is 0.468 e. The first-order chi connectivity index (χ1) is 9.47. The predicted octanol–water partition coefficient (Wildman–Crippen LogP) is 3.43. The first kappa shape index (κ1) is 14.5. The van der Waals surface area contributed by atoms with Gasteiger partial charge in [-0.05, 0) is 38.1 Å². The number of nitrogens with two attached hydrogens (primary N) is 1. The zero-order valence-electron chi connectivity index (χ0n) is 11.1. The number of carbonyl (C=O) groups excluding carboxylic acids is 1. The van der Waals surface area contributed by atoms with E-state index in [1.807, 2.05) is 13.0 Å². The molecule has 20 heavy (non-hydrogen) atoms. The van der Waals surface area contributed by atoms with Gasteiger partial charge < -0.3 is 15.5 Å². The summed E-state index contributed by atoms with van der Waals surface area (Å²) < 4.78 is 18.1. The second-order valence-corrected chi connectivity index (χ2v) is 5.70. The Morgan fingerprint density at radius 1 is 1.45 bits per heavy atom. The molecule has 0 fully saturated rings. The Morgan fingerprint density at radius 3 is 2.80 bits per heavy atom. The molecule has 0 saturated heterocycles. The van der Waals surface area contributed by atoms with E-state index >= 15 is 0 Å². The molecule has 0 aliphatic rings. The summed E-state index contributed by atoms with van der Waals surface area (Å²) in [6.45, 7) is 3.62. The molecule has 4 nitrogen and oxygen atoms in total. The second-order valence-electron chi connectivity index (χ2n) is 4.32. The smallest absolute Gasteiger partial charge is 0.237 e. The average molecular weight is 294 g/mol. The van der Waals surface area contributed by atoms with Gasteiger partial charge in [0.2, 0.25) is 5.91 Å². The van der Waals surface area contributed by atoms with E-state index in [1.165, 1.54) is 30.0 Å². The Balaban J connectivity index is 2.02. The van der Waals surface area contributed by atoms with Gasteiger partial charge in [0.15, 0.2) is 0 Å². The van der Waals surface area contributed by atoms with Crippen LogP contribution in [0.4, 0.5) is 15.8 Å². The maximum absolute atomic E-state index is 12.9. The van der Waals surface area contributed by atoms with E-state index in [0.29, 0.717) is 5.69 Å². The minimum Gasteiger partial charge on any atom is -0.468 e. The number of thioether (sulfide) groups is 1. The first-order valence-corrected chi connectivity index (χ1v) is 6.92. The van der Waals surface area contributed by atoms with Gasteiger partial charge in [0.1, 0.15) is 11.6 Å². The molecule has 1 heterocycles. The predicted molar refractivity (Wildman–Crippen MR) is 78.2 cm³/mol. The van der Waals surface area contributed by atoms with E-state index < -0.39 is 5.82 Å². The van der Waals surface area contributed by atoms with Crippen LogP contribution < -0.4 is 11.1 Å². The van der Waals surface area contributed by atoms with Crippen LogP contribution in [0.1, 0.15) is 12.7 Å². The molecule has 0 aliphatic heterocycles. The standard InChI is InChI=1S/C14H15FN2O2S/c1-8-13(5-6-19-8)20-9(2)14(18)17-12-4-3-10(15)7-11(12)16/h3-7,9H,16H2,1-2H3,(H,17,18). The Kier molecular flexibility index (Phi) is 4.34. The van der Waals surface area contributed by atoms with Crippen LogP contribution in [0.25, 0.3) is 0 Å². The van der Waals surface area contributed by atoms with Crippen molar-refractivity contribution in [1.29, 1.82) is 0 Å². The van der Waals surface area contributed by atoms with Crippen molar-refractivity contribution >= 4 is 29.0 Å². The van der Waals surface area contributed by atoms with E-state index in [9.17, 15) is 9.18 Å². The van der Waals surface area contributed by atoms with E-state index in [0.717, 1.165) is 10.7 Å². The van der Waals surface area contributed by atoms with E-state index in [1.54, 1.807) is 13.2 Å². The third-order valence-corrected chi connectivity index (χ3v) is 4.00. The van der Waals surface area contributed by atoms with Crippen molar-refractivity contribution in [3.05, 3.63) is 42.1 Å². The van der Waals surface area contributed by atoms with Crippen molar-refractivity contribution < 1.29 is 13.6 Å². The van der Waals surface area contributed by atoms with Gasteiger partial charge in [0.05, 0.1) is 22.9 Å². The second kappa shape index (κ2) is 6.00. The van der Waals surface area contributed by atoms with Crippen LogP contribution in [0.3, 0.4) is 0 Å². The van der Waals surface area contributed by atoms with Crippen LogP contribution >= 0.6 is 11.8 Å². The van der Waals surface area contributed by atoms with E-state index in [4.69, 9.17) is 10.2 Å². The maximum atomic E-state index is 12.9. The van der Waals surface area contributed by atoms with Crippen molar-refractivity contribution in [2.45, 2.75) is 24.0 Å². The highest BCUT2D eigenvalue weighted by Gasteiger charge is 2.17. The summed E-state index contributed by atoms with van der Waals surface area (Å²) in [5, 5.41) is 2.36. The van der Waals surface area contributed by atoms with E-state index in [2.05, 4.69) is 5.32 Å². The summed E-state index contributed by atoms with van der Waals surface area (Å²) in [6, 6.07) is 5.69. The summed E-state index contributed by atoms with van der Waals surface area (Å²) in [4.78, 5) is 13.0. The van der Waals surface area contributed by atoms with Gasteiger partial charge in [0, 0.05) is 4.90 Å². The topological polar surface area (TPSA) is 68.3 Å². The third kappa shape index (κ3) is 3.33. The Hall–Kier alpha value is -1.95. The van der Waals surface area contributed by atoms with Gasteiger partial charge >= 0.3 is 0 Å². The third-order valence-electron chi connectivity index (χ3n) is 2.76. The van der Waals surface area contributed by atoms with Gasteiger partial charge in [-0.1, -0.05) is 0 Å². The van der Waals surface area contributed by atoms with Gasteiger partial charge in [-0.2, -0.15) is 0 Å². The fourth-order valence-electron chi connectivity index (χ4n) is 1.62. The molecule has 6 heteroatoms. The van der Waals surface area contributed by atoms with Gasteiger partial charge in [-0.25, -0.2) is 4.39 Å². The molecule has 0 radical (unpaired) electrons. The van der Waals surface area contributed by atoms with Crippen molar-refractivity contribution in [1.82, 2.24) is 0 Å². The zero-order valence-corrected chi connectivity index (χ0v) is 12.0. The van der Waals surface area contributed by atoms with Crippen LogP contribution in [0.15, 0.2) is 39.8 Å². The molecule has 1 atom stereocenters. The monoisotopic (exact) mass is 294 g/mol. The number of amides is 1. The lowest BCUT2D eigenvalue weighted by atomic mass is 10.2. The van der Waals surface area contributed by atoms with Gasteiger partial charge in [-0.15, -0.1) is 11.8 Å². The van der Waals surface area contributed by atoms with Crippen LogP contribution in [-0.2, 0) is 4.79 Å². The lowest BCUT2D eigenvalue weighted by Gasteiger charge is -2.13.